The lowest BCUT2D eigenvalue weighted by molar-refractivity contribution is -0.136. The van der Waals surface area contributed by atoms with Gasteiger partial charge in [0.2, 0.25) is 5.91 Å². The molecule has 3 heterocycles. The minimum Gasteiger partial charge on any atom is -0.472 e. The summed E-state index contributed by atoms with van der Waals surface area (Å²) in [6.45, 7) is 2.53. The smallest absolute Gasteiger partial charge is 0.414 e. The van der Waals surface area contributed by atoms with E-state index in [1.54, 1.807) is 17.0 Å². The number of carbonyl (C=O) groups excluding carboxylic acids is 3. The minimum absolute atomic E-state index is 0.00210. The van der Waals surface area contributed by atoms with Gasteiger partial charge in [-0.2, -0.15) is 0 Å². The van der Waals surface area contributed by atoms with Crippen molar-refractivity contribution in [3.8, 4) is 0 Å². The summed E-state index contributed by atoms with van der Waals surface area (Å²) in [5, 5.41) is 2.69. The van der Waals surface area contributed by atoms with Crippen molar-refractivity contribution in [1.29, 1.82) is 0 Å². The van der Waals surface area contributed by atoms with E-state index >= 15 is 4.39 Å². The summed E-state index contributed by atoms with van der Waals surface area (Å²) in [6.07, 6.45) is 1.55. The first-order valence-electron chi connectivity index (χ1n) is 12.7. The molecular formula is C28H29FN4O6. The standard InChI is InChI=1S/C28H29FN4O6/c29-24-14-22(33-16-23(39-28(33)36)15-30-27(35)21-8-13-37-18-21)6-7-25(24)31-9-11-32(12-10-31)26(34)19-38-17-20-4-2-1-3-5-20/h1-8,13-14,18,23H,9-12,15-17,19H2,(H,30,35)/t23-/m0/s1. The van der Waals surface area contributed by atoms with Crippen molar-refractivity contribution in [2.24, 2.45) is 0 Å². The van der Waals surface area contributed by atoms with Gasteiger partial charge in [0.05, 0.1) is 42.9 Å². The van der Waals surface area contributed by atoms with Gasteiger partial charge in [-0.1, -0.05) is 30.3 Å². The van der Waals surface area contributed by atoms with E-state index in [0.29, 0.717) is 49.7 Å². The van der Waals surface area contributed by atoms with Gasteiger partial charge in [0.15, 0.2) is 0 Å². The third-order valence-corrected chi connectivity index (χ3v) is 6.70. The number of piperazine rings is 1. The number of amides is 3. The summed E-state index contributed by atoms with van der Waals surface area (Å²) in [5.41, 5.74) is 2.15. The van der Waals surface area contributed by atoms with E-state index < -0.39 is 18.0 Å². The Labute approximate surface area is 224 Å². The third-order valence-electron chi connectivity index (χ3n) is 6.70. The van der Waals surface area contributed by atoms with Crippen molar-refractivity contribution in [1.82, 2.24) is 10.2 Å². The highest BCUT2D eigenvalue weighted by Crippen LogP contribution is 2.28. The van der Waals surface area contributed by atoms with Gasteiger partial charge in [-0.3, -0.25) is 14.5 Å². The van der Waals surface area contributed by atoms with Crippen LogP contribution in [0.25, 0.3) is 0 Å². The van der Waals surface area contributed by atoms with Crippen molar-refractivity contribution in [2.75, 3.05) is 55.7 Å². The number of carbonyl (C=O) groups is 3. The molecule has 5 rings (SSSR count). The maximum Gasteiger partial charge on any atom is 0.414 e. The lowest BCUT2D eigenvalue weighted by atomic mass is 10.2. The van der Waals surface area contributed by atoms with Crippen LogP contribution in [-0.2, 0) is 20.9 Å². The second-order valence-corrected chi connectivity index (χ2v) is 9.32. The zero-order valence-corrected chi connectivity index (χ0v) is 21.3. The molecular weight excluding hydrogens is 507 g/mol. The lowest BCUT2D eigenvalue weighted by Crippen LogP contribution is -2.50. The minimum atomic E-state index is -0.605. The van der Waals surface area contributed by atoms with Gasteiger partial charge >= 0.3 is 6.09 Å². The van der Waals surface area contributed by atoms with Crippen molar-refractivity contribution in [2.45, 2.75) is 12.7 Å². The molecule has 0 aliphatic carbocycles. The molecule has 0 radical (unpaired) electrons. The molecule has 2 fully saturated rings. The average Bonchev–Trinajstić information content (AvgIpc) is 3.63. The number of nitrogens with zero attached hydrogens (tertiary/aromatic N) is 3. The van der Waals surface area contributed by atoms with Crippen LogP contribution < -0.4 is 15.1 Å². The van der Waals surface area contributed by atoms with Gasteiger partial charge in [-0.15, -0.1) is 0 Å². The van der Waals surface area contributed by atoms with Gasteiger partial charge in [0.25, 0.3) is 5.91 Å². The van der Waals surface area contributed by atoms with Gasteiger partial charge in [0.1, 0.15) is 24.8 Å². The summed E-state index contributed by atoms with van der Waals surface area (Å²) in [7, 11) is 0. The van der Waals surface area contributed by atoms with Crippen LogP contribution in [0.2, 0.25) is 0 Å². The summed E-state index contributed by atoms with van der Waals surface area (Å²) in [5.74, 6) is -0.900. The van der Waals surface area contributed by atoms with Crippen LogP contribution in [0.5, 0.6) is 0 Å². The van der Waals surface area contributed by atoms with Crippen molar-refractivity contribution in [3.63, 3.8) is 0 Å². The van der Waals surface area contributed by atoms with E-state index in [9.17, 15) is 14.4 Å². The molecule has 1 atom stereocenters. The quantitative estimate of drug-likeness (QED) is 0.448. The second kappa shape index (κ2) is 12.0. The zero-order chi connectivity index (χ0) is 27.2. The Morgan fingerprint density at radius 1 is 1.05 bits per heavy atom. The Bertz CT molecular complexity index is 1290. The molecule has 0 bridgehead atoms. The number of hydrogen-bond donors (Lipinski definition) is 1. The average molecular weight is 537 g/mol. The van der Waals surface area contributed by atoms with E-state index in [-0.39, 0.29) is 31.5 Å². The first kappa shape index (κ1) is 26.2. The van der Waals surface area contributed by atoms with Crippen LogP contribution in [0.1, 0.15) is 15.9 Å². The highest BCUT2D eigenvalue weighted by molar-refractivity contribution is 5.94. The van der Waals surface area contributed by atoms with Gasteiger partial charge in [-0.05, 0) is 29.8 Å². The highest BCUT2D eigenvalue weighted by atomic mass is 19.1. The van der Waals surface area contributed by atoms with Crippen LogP contribution in [0, 0.1) is 5.82 Å². The fourth-order valence-electron chi connectivity index (χ4n) is 4.58. The van der Waals surface area contributed by atoms with Crippen molar-refractivity contribution < 1.29 is 32.7 Å². The molecule has 39 heavy (non-hydrogen) atoms. The summed E-state index contributed by atoms with van der Waals surface area (Å²) < 4.78 is 30.9. The largest absolute Gasteiger partial charge is 0.472 e. The first-order chi connectivity index (χ1) is 19.0. The predicted molar refractivity (Wildman–Crippen MR) is 140 cm³/mol. The molecule has 3 aromatic rings. The Hall–Kier alpha value is -4.38. The Balaban J connectivity index is 1.10. The van der Waals surface area contributed by atoms with Crippen LogP contribution in [0.15, 0.2) is 71.5 Å². The highest BCUT2D eigenvalue weighted by Gasteiger charge is 2.33. The molecule has 1 N–H and O–H groups in total. The van der Waals surface area contributed by atoms with E-state index in [4.69, 9.17) is 13.9 Å². The zero-order valence-electron chi connectivity index (χ0n) is 21.3. The fraction of sp³-hybridized carbons (Fsp3) is 0.321. The SMILES string of the molecule is O=C(NC[C@H]1CN(c2ccc(N3CCN(C(=O)COCc4ccccc4)CC3)c(F)c2)C(=O)O1)c1ccoc1. The molecule has 2 aliphatic heterocycles. The number of benzene rings is 2. The van der Waals surface area contributed by atoms with Gasteiger partial charge in [0, 0.05) is 26.2 Å². The molecule has 3 amide bonds. The number of anilines is 2. The molecule has 0 saturated carbocycles. The number of ether oxygens (including phenoxy) is 2. The molecule has 2 aliphatic rings. The molecule has 10 nitrogen and oxygen atoms in total. The van der Waals surface area contributed by atoms with Gasteiger partial charge < -0.3 is 29.0 Å². The predicted octanol–water partition coefficient (Wildman–Crippen LogP) is 3.04. The van der Waals surface area contributed by atoms with Crippen molar-refractivity contribution >= 4 is 29.3 Å². The third kappa shape index (κ3) is 6.37. The number of halogens is 1. The lowest BCUT2D eigenvalue weighted by Gasteiger charge is -2.36. The summed E-state index contributed by atoms with van der Waals surface area (Å²) in [6, 6.07) is 15.8. The van der Waals surface area contributed by atoms with E-state index in [2.05, 4.69) is 5.32 Å². The second-order valence-electron chi connectivity index (χ2n) is 9.32. The van der Waals surface area contributed by atoms with E-state index in [1.807, 2.05) is 35.2 Å². The molecule has 0 unspecified atom stereocenters. The van der Waals surface area contributed by atoms with Crippen LogP contribution in [0.4, 0.5) is 20.6 Å². The van der Waals surface area contributed by atoms with E-state index in [0.717, 1.165) is 5.56 Å². The number of furan rings is 1. The van der Waals surface area contributed by atoms with Crippen molar-refractivity contribution in [3.05, 3.63) is 84.1 Å². The van der Waals surface area contributed by atoms with Crippen LogP contribution in [0.3, 0.4) is 0 Å². The maximum atomic E-state index is 15.1. The summed E-state index contributed by atoms with van der Waals surface area (Å²) >= 11 is 0. The first-order valence-corrected chi connectivity index (χ1v) is 12.7. The molecule has 1 aromatic heterocycles. The molecule has 0 spiro atoms. The van der Waals surface area contributed by atoms with Crippen LogP contribution >= 0.6 is 0 Å². The number of nitrogens with one attached hydrogen (secondary N) is 1. The number of rotatable bonds is 9. The fourth-order valence-corrected chi connectivity index (χ4v) is 4.58. The maximum absolute atomic E-state index is 15.1. The molecule has 2 aromatic carbocycles. The Morgan fingerprint density at radius 2 is 1.85 bits per heavy atom. The monoisotopic (exact) mass is 536 g/mol. The van der Waals surface area contributed by atoms with Gasteiger partial charge in [-0.25, -0.2) is 9.18 Å². The topological polar surface area (TPSA) is 105 Å². The Kier molecular flexibility index (Phi) is 8.07. The number of cyclic esters (lactones) is 1. The normalized spacial score (nSPS) is 17.3. The molecule has 11 heteroatoms. The van der Waals surface area contributed by atoms with Crippen LogP contribution in [-0.4, -0.2) is 74.8 Å². The number of hydrogen-bond acceptors (Lipinski definition) is 7. The molecule has 204 valence electrons. The summed E-state index contributed by atoms with van der Waals surface area (Å²) in [4.78, 5) is 42.0. The van der Waals surface area contributed by atoms with E-state index in [1.165, 1.54) is 29.6 Å². The Morgan fingerprint density at radius 3 is 2.56 bits per heavy atom. The molecule has 2 saturated heterocycles.